The Hall–Kier alpha value is -1.35. The van der Waals surface area contributed by atoms with Crippen molar-refractivity contribution < 1.29 is 9.90 Å². The van der Waals surface area contributed by atoms with Gasteiger partial charge in [0, 0.05) is 13.6 Å². The van der Waals surface area contributed by atoms with Crippen LogP contribution in [0.5, 0.6) is 0 Å². The van der Waals surface area contributed by atoms with E-state index in [4.69, 9.17) is 0 Å². The van der Waals surface area contributed by atoms with Crippen molar-refractivity contribution in [2.75, 3.05) is 13.6 Å². The maximum Gasteiger partial charge on any atom is 0.226 e. The molecule has 0 heterocycles. The largest absolute Gasteiger partial charge is 0.389 e. The van der Waals surface area contributed by atoms with Crippen molar-refractivity contribution in [3.8, 4) is 0 Å². The smallest absolute Gasteiger partial charge is 0.226 e. The number of nitrogens with zero attached hydrogens (tertiary/aromatic N) is 1. The second-order valence-corrected chi connectivity index (χ2v) is 5.22. The van der Waals surface area contributed by atoms with Gasteiger partial charge in [-0.15, -0.1) is 0 Å². The minimum absolute atomic E-state index is 0.0241. The van der Waals surface area contributed by atoms with E-state index in [9.17, 15) is 9.90 Å². The Labute approximate surface area is 103 Å². The summed E-state index contributed by atoms with van der Waals surface area (Å²) < 4.78 is 0. The highest BCUT2D eigenvalue weighted by atomic mass is 16.3. The average molecular weight is 235 g/mol. The molecule has 0 bridgehead atoms. The molecule has 0 aliphatic heterocycles. The van der Waals surface area contributed by atoms with Crippen LogP contribution < -0.4 is 0 Å². The fourth-order valence-corrected chi connectivity index (χ4v) is 1.68. The van der Waals surface area contributed by atoms with Crippen LogP contribution in [0.1, 0.15) is 25.0 Å². The number of rotatable bonds is 4. The lowest BCUT2D eigenvalue weighted by Crippen LogP contribution is -2.40. The van der Waals surface area contributed by atoms with Gasteiger partial charge in [0.25, 0.3) is 0 Å². The number of carbonyl (C=O) groups is 1. The molecule has 3 heteroatoms. The Bertz CT molecular complexity index is 376. The normalized spacial score (nSPS) is 11.4. The van der Waals surface area contributed by atoms with Crippen LogP contribution in [0.15, 0.2) is 24.3 Å². The van der Waals surface area contributed by atoms with Crippen LogP contribution in [0.4, 0.5) is 0 Å². The summed E-state index contributed by atoms with van der Waals surface area (Å²) in [5.74, 6) is 0.0241. The SMILES string of the molecule is Cc1ccc(CC(=O)N(C)CC(C)(C)O)cc1. The zero-order chi connectivity index (χ0) is 13.1. The van der Waals surface area contributed by atoms with Crippen molar-refractivity contribution in [1.29, 1.82) is 0 Å². The molecular weight excluding hydrogens is 214 g/mol. The molecule has 3 nitrogen and oxygen atoms in total. The van der Waals surface area contributed by atoms with Crippen LogP contribution >= 0.6 is 0 Å². The standard InChI is InChI=1S/C14H21NO2/c1-11-5-7-12(8-6-11)9-13(16)15(4)10-14(2,3)17/h5-8,17H,9-10H2,1-4H3. The molecule has 17 heavy (non-hydrogen) atoms. The van der Waals surface area contributed by atoms with Crippen molar-refractivity contribution in [2.45, 2.75) is 32.8 Å². The Morgan fingerprint density at radius 1 is 1.29 bits per heavy atom. The summed E-state index contributed by atoms with van der Waals surface area (Å²) in [6.45, 7) is 5.76. The van der Waals surface area contributed by atoms with E-state index in [0.29, 0.717) is 13.0 Å². The van der Waals surface area contributed by atoms with E-state index < -0.39 is 5.60 Å². The third-order valence-corrected chi connectivity index (χ3v) is 2.53. The summed E-state index contributed by atoms with van der Waals surface area (Å²) in [5.41, 5.74) is 1.34. The van der Waals surface area contributed by atoms with Crippen molar-refractivity contribution in [3.05, 3.63) is 35.4 Å². The molecule has 0 unspecified atom stereocenters. The van der Waals surface area contributed by atoms with Crippen molar-refractivity contribution in [2.24, 2.45) is 0 Å². The third kappa shape index (κ3) is 5.00. The molecule has 0 saturated heterocycles. The second kappa shape index (κ2) is 5.32. The average Bonchev–Trinajstić information content (AvgIpc) is 2.19. The monoisotopic (exact) mass is 235 g/mol. The van der Waals surface area contributed by atoms with Gasteiger partial charge in [-0.2, -0.15) is 0 Å². The minimum atomic E-state index is -0.850. The third-order valence-electron chi connectivity index (χ3n) is 2.53. The molecule has 1 aromatic rings. The lowest BCUT2D eigenvalue weighted by atomic mass is 10.1. The first kappa shape index (κ1) is 13.7. The second-order valence-electron chi connectivity index (χ2n) is 5.22. The molecule has 1 N–H and O–H groups in total. The van der Waals surface area contributed by atoms with E-state index in [1.54, 1.807) is 25.8 Å². The van der Waals surface area contributed by atoms with Crippen LogP contribution in [0.2, 0.25) is 0 Å². The fraction of sp³-hybridized carbons (Fsp3) is 0.500. The Balaban J connectivity index is 2.57. The summed E-state index contributed by atoms with van der Waals surface area (Å²) in [4.78, 5) is 13.5. The van der Waals surface area contributed by atoms with Gasteiger partial charge < -0.3 is 10.0 Å². The molecule has 1 rings (SSSR count). The van der Waals surface area contributed by atoms with E-state index in [-0.39, 0.29) is 5.91 Å². The predicted octanol–water partition coefficient (Wildman–Crippen LogP) is 1.77. The molecule has 1 amide bonds. The van der Waals surface area contributed by atoms with E-state index >= 15 is 0 Å². The zero-order valence-electron chi connectivity index (χ0n) is 11.0. The first-order valence-electron chi connectivity index (χ1n) is 5.80. The predicted molar refractivity (Wildman–Crippen MR) is 68.8 cm³/mol. The summed E-state index contributed by atoms with van der Waals surface area (Å²) in [7, 11) is 1.72. The fourth-order valence-electron chi connectivity index (χ4n) is 1.68. The van der Waals surface area contributed by atoms with Gasteiger partial charge in [-0.05, 0) is 26.3 Å². The highest BCUT2D eigenvalue weighted by Gasteiger charge is 2.19. The number of hydrogen-bond acceptors (Lipinski definition) is 2. The Morgan fingerprint density at radius 2 is 1.82 bits per heavy atom. The van der Waals surface area contributed by atoms with Gasteiger partial charge in [0.1, 0.15) is 0 Å². The zero-order valence-corrected chi connectivity index (χ0v) is 11.0. The molecule has 0 aromatic heterocycles. The minimum Gasteiger partial charge on any atom is -0.389 e. The number of benzene rings is 1. The topological polar surface area (TPSA) is 40.5 Å². The summed E-state index contributed by atoms with van der Waals surface area (Å²) in [6.07, 6.45) is 0.382. The molecule has 0 fully saturated rings. The van der Waals surface area contributed by atoms with E-state index in [2.05, 4.69) is 0 Å². The summed E-state index contributed by atoms with van der Waals surface area (Å²) in [6, 6.07) is 7.92. The number of amides is 1. The van der Waals surface area contributed by atoms with E-state index in [0.717, 1.165) is 5.56 Å². The lowest BCUT2D eigenvalue weighted by Gasteiger charge is -2.25. The lowest BCUT2D eigenvalue weighted by molar-refractivity contribution is -0.131. The van der Waals surface area contributed by atoms with Gasteiger partial charge in [-0.3, -0.25) is 4.79 Å². The van der Waals surface area contributed by atoms with Crippen molar-refractivity contribution in [1.82, 2.24) is 4.90 Å². The number of aryl methyl sites for hydroxylation is 1. The molecule has 94 valence electrons. The first-order chi connectivity index (χ1) is 7.78. The van der Waals surface area contributed by atoms with Crippen molar-refractivity contribution in [3.63, 3.8) is 0 Å². The molecule has 0 aliphatic carbocycles. The van der Waals surface area contributed by atoms with Crippen LogP contribution in [0.25, 0.3) is 0 Å². The molecule has 0 spiro atoms. The highest BCUT2D eigenvalue weighted by Crippen LogP contribution is 2.08. The molecule has 0 saturated carbocycles. The number of carbonyl (C=O) groups excluding carboxylic acids is 1. The molecule has 1 aromatic carbocycles. The summed E-state index contributed by atoms with van der Waals surface area (Å²) in [5, 5.41) is 9.65. The van der Waals surface area contributed by atoms with Crippen LogP contribution in [-0.4, -0.2) is 35.1 Å². The number of aliphatic hydroxyl groups is 1. The van der Waals surface area contributed by atoms with E-state index in [1.165, 1.54) is 5.56 Å². The van der Waals surface area contributed by atoms with Gasteiger partial charge in [0.05, 0.1) is 12.0 Å². The number of hydrogen-bond donors (Lipinski definition) is 1. The highest BCUT2D eigenvalue weighted by molar-refractivity contribution is 5.78. The van der Waals surface area contributed by atoms with Crippen molar-refractivity contribution >= 4 is 5.91 Å². The van der Waals surface area contributed by atoms with Crippen LogP contribution in [-0.2, 0) is 11.2 Å². The maximum absolute atomic E-state index is 11.9. The van der Waals surface area contributed by atoms with Gasteiger partial charge in [-0.1, -0.05) is 29.8 Å². The molecule has 0 atom stereocenters. The quantitative estimate of drug-likeness (QED) is 0.864. The van der Waals surface area contributed by atoms with E-state index in [1.807, 2.05) is 31.2 Å². The van der Waals surface area contributed by atoms with Gasteiger partial charge in [0.2, 0.25) is 5.91 Å². The Morgan fingerprint density at radius 3 is 2.29 bits per heavy atom. The number of likely N-dealkylation sites (N-methyl/N-ethyl adjacent to an activating group) is 1. The van der Waals surface area contributed by atoms with Gasteiger partial charge in [-0.25, -0.2) is 0 Å². The van der Waals surface area contributed by atoms with Crippen LogP contribution in [0, 0.1) is 6.92 Å². The van der Waals surface area contributed by atoms with Crippen LogP contribution in [0.3, 0.4) is 0 Å². The van der Waals surface area contributed by atoms with Gasteiger partial charge in [0.15, 0.2) is 0 Å². The Kier molecular flexibility index (Phi) is 4.29. The molecule has 0 radical (unpaired) electrons. The summed E-state index contributed by atoms with van der Waals surface area (Å²) >= 11 is 0. The molecule has 0 aliphatic rings. The maximum atomic E-state index is 11.9. The molecular formula is C14H21NO2. The first-order valence-corrected chi connectivity index (χ1v) is 5.80. The van der Waals surface area contributed by atoms with Gasteiger partial charge >= 0.3 is 0 Å².